The van der Waals surface area contributed by atoms with E-state index in [-0.39, 0.29) is 11.9 Å². The number of likely N-dealkylation sites (N-methyl/N-ethyl adjacent to an activating group) is 1. The molecule has 0 saturated carbocycles. The van der Waals surface area contributed by atoms with Crippen LogP contribution < -0.4 is 10.6 Å². The van der Waals surface area contributed by atoms with Crippen molar-refractivity contribution in [3.05, 3.63) is 17.5 Å². The zero-order valence-electron chi connectivity index (χ0n) is 11.7. The first-order chi connectivity index (χ1) is 9.01. The van der Waals surface area contributed by atoms with Crippen LogP contribution in [0.2, 0.25) is 0 Å². The van der Waals surface area contributed by atoms with E-state index in [0.29, 0.717) is 24.4 Å². The topological polar surface area (TPSA) is 85.2 Å². The average molecular weight is 268 g/mol. The molecule has 0 aliphatic carbocycles. The molecule has 0 aliphatic rings. The molecular weight excluding hydrogens is 248 g/mol. The highest BCUT2D eigenvalue weighted by Crippen LogP contribution is 2.09. The number of hydrogen-bond donors (Lipinski definition) is 2. The summed E-state index contributed by atoms with van der Waals surface area (Å²) in [4.78, 5) is 23.1. The largest absolute Gasteiger partial charge is 0.462 e. The van der Waals surface area contributed by atoms with Gasteiger partial charge in [-0.2, -0.15) is 5.10 Å². The maximum absolute atomic E-state index is 11.7. The smallest absolute Gasteiger partial charge is 0.341 e. The van der Waals surface area contributed by atoms with Gasteiger partial charge in [-0.25, -0.2) is 4.79 Å². The van der Waals surface area contributed by atoms with E-state index in [1.165, 1.54) is 6.20 Å². The fourth-order valence-electron chi connectivity index (χ4n) is 1.61. The Kier molecular flexibility index (Phi) is 5.50. The summed E-state index contributed by atoms with van der Waals surface area (Å²) in [6.45, 7) is 4.17. The van der Waals surface area contributed by atoms with Crippen LogP contribution in [0, 0.1) is 0 Å². The predicted octanol–water partition coefficient (Wildman–Crippen LogP) is -0.179. The lowest BCUT2D eigenvalue weighted by Gasteiger charge is -2.13. The molecule has 106 valence electrons. The minimum absolute atomic E-state index is 0.111. The SMILES string of the molecule is CCOC(=O)c1cnn(C)c1CNC(C)C(=O)NC. The van der Waals surface area contributed by atoms with Crippen LogP contribution in [0.3, 0.4) is 0 Å². The third-order valence-corrected chi connectivity index (χ3v) is 2.77. The average Bonchev–Trinajstić information content (AvgIpc) is 2.76. The number of carbonyl (C=O) groups is 2. The first kappa shape index (κ1) is 15.2. The second-order valence-electron chi connectivity index (χ2n) is 4.07. The highest BCUT2D eigenvalue weighted by atomic mass is 16.5. The zero-order chi connectivity index (χ0) is 14.4. The van der Waals surface area contributed by atoms with E-state index in [2.05, 4.69) is 15.7 Å². The number of amides is 1. The van der Waals surface area contributed by atoms with Crippen molar-refractivity contribution >= 4 is 11.9 Å². The molecule has 1 aromatic rings. The van der Waals surface area contributed by atoms with Crippen LogP contribution in [0.5, 0.6) is 0 Å². The number of aryl methyl sites for hydroxylation is 1. The number of hydrogen-bond acceptors (Lipinski definition) is 5. The van der Waals surface area contributed by atoms with E-state index >= 15 is 0 Å². The molecule has 0 aliphatic heterocycles. The molecule has 7 nitrogen and oxygen atoms in total. The summed E-state index contributed by atoms with van der Waals surface area (Å²) in [6.07, 6.45) is 1.47. The Hall–Kier alpha value is -1.89. The van der Waals surface area contributed by atoms with E-state index in [1.807, 2.05) is 0 Å². The van der Waals surface area contributed by atoms with Gasteiger partial charge in [0.2, 0.25) is 5.91 Å². The van der Waals surface area contributed by atoms with Crippen molar-refractivity contribution in [3.8, 4) is 0 Å². The summed E-state index contributed by atoms with van der Waals surface area (Å²) >= 11 is 0. The van der Waals surface area contributed by atoms with Crippen LogP contribution in [-0.4, -0.2) is 41.4 Å². The van der Waals surface area contributed by atoms with Crippen molar-refractivity contribution in [3.63, 3.8) is 0 Å². The van der Waals surface area contributed by atoms with Crippen molar-refractivity contribution in [2.75, 3.05) is 13.7 Å². The molecule has 1 atom stereocenters. The molecule has 2 N–H and O–H groups in total. The summed E-state index contributed by atoms with van der Waals surface area (Å²) in [5, 5.41) is 9.62. The molecule has 1 heterocycles. The van der Waals surface area contributed by atoms with Gasteiger partial charge in [0.15, 0.2) is 0 Å². The first-order valence-corrected chi connectivity index (χ1v) is 6.14. The number of ether oxygens (including phenoxy) is 1. The van der Waals surface area contributed by atoms with Gasteiger partial charge >= 0.3 is 5.97 Å². The van der Waals surface area contributed by atoms with Crippen molar-refractivity contribution < 1.29 is 14.3 Å². The van der Waals surface area contributed by atoms with E-state index < -0.39 is 5.97 Å². The standard InChI is InChI=1S/C12H20N4O3/c1-5-19-12(18)9-6-15-16(4)10(9)7-14-8(2)11(17)13-3/h6,8,14H,5,7H2,1-4H3,(H,13,17). The lowest BCUT2D eigenvalue weighted by Crippen LogP contribution is -2.40. The molecule has 19 heavy (non-hydrogen) atoms. The third-order valence-electron chi connectivity index (χ3n) is 2.77. The monoisotopic (exact) mass is 268 g/mol. The molecule has 7 heteroatoms. The predicted molar refractivity (Wildman–Crippen MR) is 69.5 cm³/mol. The molecule has 0 radical (unpaired) electrons. The van der Waals surface area contributed by atoms with Crippen molar-refractivity contribution in [2.24, 2.45) is 7.05 Å². The lowest BCUT2D eigenvalue weighted by atomic mass is 10.2. The van der Waals surface area contributed by atoms with Crippen LogP contribution in [-0.2, 0) is 23.1 Å². The van der Waals surface area contributed by atoms with Gasteiger partial charge in [0.05, 0.1) is 24.5 Å². The minimum Gasteiger partial charge on any atom is -0.462 e. The van der Waals surface area contributed by atoms with Gasteiger partial charge in [0, 0.05) is 20.6 Å². The normalized spacial score (nSPS) is 12.0. The number of nitrogens with one attached hydrogen (secondary N) is 2. The van der Waals surface area contributed by atoms with Crippen LogP contribution in [0.25, 0.3) is 0 Å². The van der Waals surface area contributed by atoms with E-state index in [1.54, 1.807) is 32.6 Å². The summed E-state index contributed by atoms with van der Waals surface area (Å²) in [5.74, 6) is -0.514. The van der Waals surface area contributed by atoms with Crippen LogP contribution in [0.15, 0.2) is 6.20 Å². The highest BCUT2D eigenvalue weighted by molar-refractivity contribution is 5.90. The number of aromatic nitrogens is 2. The second-order valence-corrected chi connectivity index (χ2v) is 4.07. The van der Waals surface area contributed by atoms with E-state index in [9.17, 15) is 9.59 Å². The number of nitrogens with zero attached hydrogens (tertiary/aromatic N) is 2. The molecule has 0 aromatic carbocycles. The Morgan fingerprint density at radius 1 is 1.53 bits per heavy atom. The van der Waals surface area contributed by atoms with Crippen LogP contribution in [0.1, 0.15) is 29.9 Å². The van der Waals surface area contributed by atoms with Gasteiger partial charge < -0.3 is 15.4 Å². The first-order valence-electron chi connectivity index (χ1n) is 6.14. The van der Waals surface area contributed by atoms with E-state index in [4.69, 9.17) is 4.74 Å². The fourth-order valence-corrected chi connectivity index (χ4v) is 1.61. The molecule has 1 aromatic heterocycles. The highest BCUT2D eigenvalue weighted by Gasteiger charge is 2.18. The van der Waals surface area contributed by atoms with Crippen LogP contribution >= 0.6 is 0 Å². The summed E-state index contributed by atoms with van der Waals surface area (Å²) in [6, 6.07) is -0.352. The fraction of sp³-hybridized carbons (Fsp3) is 0.583. The maximum atomic E-state index is 11.7. The lowest BCUT2D eigenvalue weighted by molar-refractivity contribution is -0.122. The molecule has 0 fully saturated rings. The molecular formula is C12H20N4O3. The van der Waals surface area contributed by atoms with Gasteiger partial charge in [0.1, 0.15) is 5.56 Å². The molecule has 1 amide bonds. The van der Waals surface area contributed by atoms with Gasteiger partial charge in [0.25, 0.3) is 0 Å². The second kappa shape index (κ2) is 6.89. The Morgan fingerprint density at radius 3 is 2.79 bits per heavy atom. The van der Waals surface area contributed by atoms with Gasteiger partial charge in [-0.3, -0.25) is 9.48 Å². The number of rotatable bonds is 6. The summed E-state index contributed by atoms with van der Waals surface area (Å²) in [7, 11) is 3.32. The molecule has 0 bridgehead atoms. The van der Waals surface area contributed by atoms with Gasteiger partial charge in [-0.1, -0.05) is 0 Å². The summed E-state index contributed by atoms with van der Waals surface area (Å²) < 4.78 is 6.55. The number of esters is 1. The molecule has 1 unspecified atom stereocenters. The Bertz CT molecular complexity index is 456. The van der Waals surface area contributed by atoms with Crippen molar-refractivity contribution in [1.29, 1.82) is 0 Å². The molecule has 0 spiro atoms. The molecule has 1 rings (SSSR count). The quantitative estimate of drug-likeness (QED) is 0.699. The Morgan fingerprint density at radius 2 is 2.21 bits per heavy atom. The maximum Gasteiger partial charge on any atom is 0.341 e. The molecule has 0 saturated heterocycles. The summed E-state index contributed by atoms with van der Waals surface area (Å²) in [5.41, 5.74) is 1.11. The van der Waals surface area contributed by atoms with Crippen molar-refractivity contribution in [2.45, 2.75) is 26.4 Å². The minimum atomic E-state index is -0.403. The Balaban J connectivity index is 2.75. The van der Waals surface area contributed by atoms with E-state index in [0.717, 1.165) is 0 Å². The Labute approximate surface area is 112 Å². The number of carbonyl (C=O) groups excluding carboxylic acids is 2. The zero-order valence-corrected chi connectivity index (χ0v) is 11.7. The van der Waals surface area contributed by atoms with Gasteiger partial charge in [-0.05, 0) is 13.8 Å². The van der Waals surface area contributed by atoms with Crippen molar-refractivity contribution in [1.82, 2.24) is 20.4 Å². The van der Waals surface area contributed by atoms with Gasteiger partial charge in [-0.15, -0.1) is 0 Å². The van der Waals surface area contributed by atoms with Crippen LogP contribution in [0.4, 0.5) is 0 Å². The third kappa shape index (κ3) is 3.78.